The summed E-state index contributed by atoms with van der Waals surface area (Å²) in [7, 11) is 0. The second-order valence-electron chi connectivity index (χ2n) is 12.8. The van der Waals surface area contributed by atoms with Gasteiger partial charge in [-0.2, -0.15) is 0 Å². The first-order valence-electron chi connectivity index (χ1n) is 18.5. The van der Waals surface area contributed by atoms with Crippen molar-refractivity contribution in [2.75, 3.05) is 6.54 Å². The van der Waals surface area contributed by atoms with Gasteiger partial charge >= 0.3 is 5.97 Å². The summed E-state index contributed by atoms with van der Waals surface area (Å²) in [4.78, 5) is 33.8. The number of carbonyl (C=O) groups excluding carboxylic acids is 3. The predicted molar refractivity (Wildman–Crippen MR) is 274 cm³/mol. The number of hydrogen-bond donors (Lipinski definition) is 1. The number of likely N-dealkylation sites (tertiary alicyclic amines) is 1. The average Bonchev–Trinajstić information content (AvgIpc) is 3.55. The normalized spacial score (nSPS) is 11.7. The van der Waals surface area contributed by atoms with Gasteiger partial charge in [-0.15, -0.1) is 0 Å². The third kappa shape index (κ3) is 45.6. The Morgan fingerprint density at radius 3 is 1.17 bits per heavy atom. The Labute approximate surface area is 370 Å². The number of carbonyl (C=O) groups is 3. The van der Waals surface area contributed by atoms with Crippen molar-refractivity contribution in [1.82, 2.24) is 4.90 Å². The molecular formula is C52H114N2O4. The molecule has 0 spiro atoms. The number of ether oxygens (including phenoxy) is 1. The molecule has 2 aromatic rings. The second kappa shape index (κ2) is 55.9. The molecule has 2 aromatic carbocycles. The second-order valence-corrected chi connectivity index (χ2v) is 12.8. The fourth-order valence-electron chi connectivity index (χ4n) is 3.93. The molecule has 1 aliphatic rings. The SMILES string of the molecule is C.C.C.C.C.C.C.C.C.C.CC.CCC(C)(C)C(N)=O.CCC(C)N1CCCC1=O.CCC(C)OC(C)=O.CCC(C)c1ccccc1.CCC(C)c1ccccc1. The summed E-state index contributed by atoms with van der Waals surface area (Å²) in [5.41, 5.74) is 7.62. The van der Waals surface area contributed by atoms with Crippen LogP contribution < -0.4 is 5.73 Å². The molecule has 0 saturated carbocycles. The van der Waals surface area contributed by atoms with Gasteiger partial charge in [0.2, 0.25) is 11.8 Å². The van der Waals surface area contributed by atoms with Crippen LogP contribution in [0.1, 0.15) is 239 Å². The van der Waals surface area contributed by atoms with Crippen LogP contribution in [0.3, 0.4) is 0 Å². The summed E-state index contributed by atoms with van der Waals surface area (Å²) in [5.74, 6) is 1.34. The molecule has 4 unspecified atom stereocenters. The van der Waals surface area contributed by atoms with E-state index in [0.717, 1.165) is 38.6 Å². The molecule has 1 saturated heterocycles. The third-order valence-electron chi connectivity index (χ3n) is 8.69. The molecule has 0 radical (unpaired) electrons. The average molecular weight is 831 g/mol. The molecule has 58 heavy (non-hydrogen) atoms. The van der Waals surface area contributed by atoms with Gasteiger partial charge in [-0.25, -0.2) is 0 Å². The van der Waals surface area contributed by atoms with E-state index >= 15 is 0 Å². The van der Waals surface area contributed by atoms with E-state index in [-0.39, 0.29) is 97.7 Å². The molecule has 1 aliphatic heterocycles. The van der Waals surface area contributed by atoms with Gasteiger partial charge in [-0.3, -0.25) is 14.4 Å². The van der Waals surface area contributed by atoms with Crippen LogP contribution in [0.5, 0.6) is 0 Å². The summed E-state index contributed by atoms with van der Waals surface area (Å²) in [5, 5.41) is 0. The lowest BCUT2D eigenvalue weighted by atomic mass is 9.90. The van der Waals surface area contributed by atoms with Gasteiger partial charge in [0.25, 0.3) is 0 Å². The molecule has 6 nitrogen and oxygen atoms in total. The van der Waals surface area contributed by atoms with E-state index in [9.17, 15) is 14.4 Å². The van der Waals surface area contributed by atoms with Crippen LogP contribution in [-0.4, -0.2) is 41.4 Å². The Hall–Kier alpha value is -3.15. The predicted octanol–water partition coefficient (Wildman–Crippen LogP) is 17.5. The molecule has 0 bridgehead atoms. The largest absolute Gasteiger partial charge is 0.463 e. The van der Waals surface area contributed by atoms with E-state index in [0.29, 0.717) is 23.8 Å². The zero-order valence-corrected chi connectivity index (χ0v) is 33.4. The topological polar surface area (TPSA) is 89.7 Å². The first-order chi connectivity index (χ1) is 22.6. The number of amides is 2. The number of benzene rings is 2. The van der Waals surface area contributed by atoms with Crippen LogP contribution in [0.15, 0.2) is 60.7 Å². The van der Waals surface area contributed by atoms with Gasteiger partial charge in [0.05, 0.1) is 6.10 Å². The summed E-state index contributed by atoms with van der Waals surface area (Å²) in [6.07, 6.45) is 7.13. The van der Waals surface area contributed by atoms with Gasteiger partial charge in [0.15, 0.2) is 0 Å². The first kappa shape index (κ1) is 90.8. The van der Waals surface area contributed by atoms with E-state index in [1.807, 2.05) is 53.4 Å². The van der Waals surface area contributed by atoms with Crippen molar-refractivity contribution in [1.29, 1.82) is 0 Å². The number of esters is 1. The van der Waals surface area contributed by atoms with Crippen LogP contribution in [0.4, 0.5) is 0 Å². The van der Waals surface area contributed by atoms with Gasteiger partial charge in [0.1, 0.15) is 0 Å². The maximum atomic E-state index is 11.1. The van der Waals surface area contributed by atoms with Crippen LogP contribution in [0.2, 0.25) is 0 Å². The lowest BCUT2D eigenvalue weighted by Crippen LogP contribution is -2.33. The Kier molecular flexibility index (Phi) is 87.6. The van der Waals surface area contributed by atoms with Crippen molar-refractivity contribution < 1.29 is 19.1 Å². The lowest BCUT2D eigenvalue weighted by Gasteiger charge is -2.22. The van der Waals surface area contributed by atoms with Gasteiger partial charge in [-0.05, 0) is 75.3 Å². The summed E-state index contributed by atoms with van der Waals surface area (Å²) in [6.45, 7) is 29.1. The highest BCUT2D eigenvalue weighted by Gasteiger charge is 2.23. The number of nitrogens with two attached hydrogens (primary N) is 1. The summed E-state index contributed by atoms with van der Waals surface area (Å²) >= 11 is 0. The van der Waals surface area contributed by atoms with Crippen LogP contribution >= 0.6 is 0 Å². The molecule has 2 N–H and O–H groups in total. The molecule has 2 amide bonds. The fraction of sp³-hybridized carbons (Fsp3) is 0.712. The Morgan fingerprint density at radius 1 is 0.655 bits per heavy atom. The molecule has 3 rings (SSSR count). The highest BCUT2D eigenvalue weighted by molar-refractivity contribution is 5.79. The Bertz CT molecular complexity index is 1010. The van der Waals surface area contributed by atoms with Gasteiger partial charge in [-0.1, -0.05) is 211 Å². The maximum absolute atomic E-state index is 11.1. The quantitative estimate of drug-likeness (QED) is 0.242. The number of nitrogens with zero attached hydrogens (tertiary/aromatic N) is 1. The van der Waals surface area contributed by atoms with Crippen LogP contribution in [-0.2, 0) is 19.1 Å². The lowest BCUT2D eigenvalue weighted by molar-refractivity contribution is -0.145. The minimum Gasteiger partial charge on any atom is -0.463 e. The van der Waals surface area contributed by atoms with Crippen LogP contribution in [0, 0.1) is 5.41 Å². The maximum Gasteiger partial charge on any atom is 0.302 e. The number of rotatable bonds is 10. The van der Waals surface area contributed by atoms with E-state index < -0.39 is 0 Å². The third-order valence-corrected chi connectivity index (χ3v) is 8.69. The minimum absolute atomic E-state index is 0. The molecule has 0 aromatic heterocycles. The summed E-state index contributed by atoms with van der Waals surface area (Å²) < 4.78 is 4.76. The number of hydrogen-bond acceptors (Lipinski definition) is 4. The Balaban J connectivity index is -0.0000000378. The first-order valence-corrected chi connectivity index (χ1v) is 18.5. The van der Waals surface area contributed by atoms with Crippen molar-refractivity contribution in [2.24, 2.45) is 11.1 Å². The van der Waals surface area contributed by atoms with E-state index in [2.05, 4.69) is 102 Å². The van der Waals surface area contributed by atoms with E-state index in [1.165, 1.54) is 30.9 Å². The minimum atomic E-state index is -0.319. The van der Waals surface area contributed by atoms with E-state index in [4.69, 9.17) is 10.5 Å². The molecule has 1 fully saturated rings. The van der Waals surface area contributed by atoms with Crippen molar-refractivity contribution >= 4 is 17.8 Å². The Morgan fingerprint density at radius 2 is 1.00 bits per heavy atom. The molecule has 356 valence electrons. The highest BCUT2D eigenvalue weighted by atomic mass is 16.5. The zero-order valence-electron chi connectivity index (χ0n) is 33.4. The van der Waals surface area contributed by atoms with E-state index in [1.54, 1.807) is 0 Å². The van der Waals surface area contributed by atoms with Crippen molar-refractivity contribution in [2.45, 2.75) is 240 Å². The molecule has 6 heteroatoms. The smallest absolute Gasteiger partial charge is 0.302 e. The van der Waals surface area contributed by atoms with Crippen molar-refractivity contribution in [3.63, 3.8) is 0 Å². The fourth-order valence-corrected chi connectivity index (χ4v) is 3.93. The zero-order chi connectivity index (χ0) is 37.7. The van der Waals surface area contributed by atoms with Crippen molar-refractivity contribution in [3.05, 3.63) is 71.8 Å². The van der Waals surface area contributed by atoms with Crippen molar-refractivity contribution in [3.8, 4) is 0 Å². The molecule has 1 heterocycles. The van der Waals surface area contributed by atoms with Gasteiger partial charge < -0.3 is 15.4 Å². The van der Waals surface area contributed by atoms with Gasteiger partial charge in [0, 0.05) is 31.3 Å². The highest BCUT2D eigenvalue weighted by Crippen LogP contribution is 2.19. The molecular weight excluding hydrogens is 717 g/mol. The molecule has 0 aliphatic carbocycles. The van der Waals surface area contributed by atoms with Crippen LogP contribution in [0.25, 0.3) is 0 Å². The molecule has 4 atom stereocenters. The summed E-state index contributed by atoms with van der Waals surface area (Å²) in [6, 6.07) is 21.7. The standard InChI is InChI=1S/2C10H14.C8H15NO.C6H13NO.C6H12O2.C2H6.10CH4/c2*1-3-9(2)10-7-5-4-6-8-10;1-3-7(2)9-6-4-5-8(9)10;1-4-6(2,3)5(7)8;1-4-5(2)8-6(3)7;1-2;;;;;;;;;;/h2*4-9H,3H2,1-2H3;7H,3-6H2,1-2H3;4H2,1-3H3,(H2,7,8);5H,4H2,1-3H3;1-2H3;10*1H4. The number of primary amides is 1. The monoisotopic (exact) mass is 831 g/mol.